The van der Waals surface area contributed by atoms with E-state index >= 15 is 0 Å². The molecule has 0 fully saturated rings. The van der Waals surface area contributed by atoms with E-state index in [1.807, 2.05) is 0 Å². The van der Waals surface area contributed by atoms with E-state index in [1.165, 1.54) is 38.2 Å². The summed E-state index contributed by atoms with van der Waals surface area (Å²) in [5, 5.41) is 8.59. The molecule has 0 aromatic carbocycles. The number of hydrogen-bond acceptors (Lipinski definition) is 3. The number of hydrogen-bond donors (Lipinski definition) is 1. The van der Waals surface area contributed by atoms with Gasteiger partial charge in [-0.25, -0.2) is 4.79 Å². The quantitative estimate of drug-likeness (QED) is 0.172. The van der Waals surface area contributed by atoms with Gasteiger partial charge in [0.1, 0.15) is 6.10 Å². The van der Waals surface area contributed by atoms with Crippen LogP contribution < -0.4 is 29.6 Å². The summed E-state index contributed by atoms with van der Waals surface area (Å²) in [7, 11) is 0. The van der Waals surface area contributed by atoms with Gasteiger partial charge in [0.15, 0.2) is 0 Å². The molecular formula is C21H39NaO4. The second-order valence-corrected chi connectivity index (χ2v) is 6.87. The van der Waals surface area contributed by atoms with Crippen LogP contribution in [0.4, 0.5) is 0 Å². The zero-order valence-corrected chi connectivity index (χ0v) is 19.1. The Labute approximate surface area is 183 Å². The fourth-order valence-electron chi connectivity index (χ4n) is 2.98. The molecule has 0 bridgehead atoms. The molecule has 0 rings (SSSR count). The van der Waals surface area contributed by atoms with Gasteiger partial charge in [-0.1, -0.05) is 71.3 Å². The van der Waals surface area contributed by atoms with Crippen molar-refractivity contribution in [2.45, 2.75) is 109 Å². The van der Waals surface area contributed by atoms with Gasteiger partial charge in [0, 0.05) is 12.5 Å². The third-order valence-corrected chi connectivity index (χ3v) is 4.50. The van der Waals surface area contributed by atoms with Gasteiger partial charge in [0.05, 0.1) is 0 Å². The zero-order chi connectivity index (χ0) is 18.8. The fourth-order valence-corrected chi connectivity index (χ4v) is 2.98. The van der Waals surface area contributed by atoms with Crippen molar-refractivity contribution in [3.8, 4) is 0 Å². The molecule has 1 N–H and O–H groups in total. The Hall–Kier alpha value is -0.320. The standard InChI is InChI=1S/C21H38O4.Na.H/c1-3-5-6-7-10-13-16-19(25-21(24)4-2)17-14-11-8-9-12-15-18-20(22)23;;/h4,19H,2-3,5-18H2,1H3,(H,22,23);;/q;+1;-1. The number of esters is 1. The molecule has 1 atom stereocenters. The van der Waals surface area contributed by atoms with Crippen LogP contribution in [-0.4, -0.2) is 23.1 Å². The molecule has 0 aromatic heterocycles. The van der Waals surface area contributed by atoms with Gasteiger partial charge in [-0.2, -0.15) is 0 Å². The van der Waals surface area contributed by atoms with Crippen molar-refractivity contribution in [1.82, 2.24) is 0 Å². The number of unbranched alkanes of at least 4 members (excludes halogenated alkanes) is 10. The van der Waals surface area contributed by atoms with E-state index in [1.54, 1.807) is 0 Å². The molecule has 0 aliphatic rings. The summed E-state index contributed by atoms with van der Waals surface area (Å²) in [5.41, 5.74) is 0. The second kappa shape index (κ2) is 21.0. The van der Waals surface area contributed by atoms with E-state index in [0.717, 1.165) is 57.8 Å². The summed E-state index contributed by atoms with van der Waals surface area (Å²) in [6.07, 6.45) is 17.0. The van der Waals surface area contributed by atoms with Crippen LogP contribution in [0.3, 0.4) is 0 Å². The first kappa shape index (κ1) is 27.9. The number of carboxylic acid groups (broad SMARTS) is 1. The van der Waals surface area contributed by atoms with Crippen molar-refractivity contribution >= 4 is 11.9 Å². The van der Waals surface area contributed by atoms with Crippen molar-refractivity contribution in [2.75, 3.05) is 0 Å². The van der Waals surface area contributed by atoms with E-state index in [4.69, 9.17) is 9.84 Å². The van der Waals surface area contributed by atoms with E-state index < -0.39 is 5.97 Å². The summed E-state index contributed by atoms with van der Waals surface area (Å²) >= 11 is 0. The summed E-state index contributed by atoms with van der Waals surface area (Å²) in [6.45, 7) is 5.70. The minimum absolute atomic E-state index is 0. The average molecular weight is 379 g/mol. The van der Waals surface area contributed by atoms with Crippen LogP contribution in [0, 0.1) is 0 Å². The molecule has 0 aromatic rings. The number of ether oxygens (including phenoxy) is 1. The molecule has 0 heterocycles. The SMILES string of the molecule is C=CC(=O)OC(CCCCCCCC)CCCCCCCCC(=O)O.[H-].[Na+]. The maximum atomic E-state index is 11.5. The summed E-state index contributed by atoms with van der Waals surface area (Å²) in [5.74, 6) is -1.02. The predicted molar refractivity (Wildman–Crippen MR) is 104 cm³/mol. The molecule has 26 heavy (non-hydrogen) atoms. The van der Waals surface area contributed by atoms with Gasteiger partial charge in [0.25, 0.3) is 0 Å². The molecule has 4 nitrogen and oxygen atoms in total. The third kappa shape index (κ3) is 20.0. The number of carboxylic acids is 1. The van der Waals surface area contributed by atoms with Crippen molar-refractivity contribution in [2.24, 2.45) is 0 Å². The van der Waals surface area contributed by atoms with Crippen molar-refractivity contribution in [1.29, 1.82) is 0 Å². The van der Waals surface area contributed by atoms with Gasteiger partial charge in [-0.15, -0.1) is 0 Å². The van der Waals surface area contributed by atoms with Crippen LogP contribution in [0.5, 0.6) is 0 Å². The minimum Gasteiger partial charge on any atom is -1.00 e. The van der Waals surface area contributed by atoms with Crippen molar-refractivity contribution < 1.29 is 50.4 Å². The van der Waals surface area contributed by atoms with Gasteiger partial charge in [-0.3, -0.25) is 4.79 Å². The van der Waals surface area contributed by atoms with Gasteiger partial charge in [0.2, 0.25) is 0 Å². The number of carbonyl (C=O) groups is 2. The maximum absolute atomic E-state index is 11.5. The van der Waals surface area contributed by atoms with E-state index in [0.29, 0.717) is 0 Å². The molecule has 0 aliphatic heterocycles. The molecule has 1 unspecified atom stereocenters. The van der Waals surface area contributed by atoms with E-state index in [-0.39, 0.29) is 49.5 Å². The van der Waals surface area contributed by atoms with Crippen molar-refractivity contribution in [3.05, 3.63) is 12.7 Å². The normalized spacial score (nSPS) is 11.4. The molecular weight excluding hydrogens is 339 g/mol. The smallest absolute Gasteiger partial charge is 1.00 e. The molecule has 5 heteroatoms. The third-order valence-electron chi connectivity index (χ3n) is 4.50. The van der Waals surface area contributed by atoms with Crippen LogP contribution >= 0.6 is 0 Å². The zero-order valence-electron chi connectivity index (χ0n) is 18.1. The second-order valence-electron chi connectivity index (χ2n) is 6.87. The van der Waals surface area contributed by atoms with Crippen LogP contribution in [0.15, 0.2) is 12.7 Å². The Balaban J connectivity index is -0.00000288. The minimum atomic E-state index is -0.707. The van der Waals surface area contributed by atoms with Gasteiger partial charge < -0.3 is 11.3 Å². The number of aliphatic carboxylic acids is 1. The molecule has 148 valence electrons. The van der Waals surface area contributed by atoms with Crippen molar-refractivity contribution in [3.63, 3.8) is 0 Å². The predicted octanol–water partition coefficient (Wildman–Crippen LogP) is 3.16. The maximum Gasteiger partial charge on any atom is 1.00 e. The average Bonchev–Trinajstić information content (AvgIpc) is 2.59. The van der Waals surface area contributed by atoms with Crippen LogP contribution in [0.1, 0.15) is 105 Å². The Bertz CT molecular complexity index is 364. The molecule has 0 radical (unpaired) electrons. The largest absolute Gasteiger partial charge is 1.00 e. The molecule has 0 amide bonds. The Kier molecular flexibility index (Phi) is 22.5. The summed E-state index contributed by atoms with van der Waals surface area (Å²) < 4.78 is 5.48. The van der Waals surface area contributed by atoms with E-state index in [9.17, 15) is 9.59 Å². The molecule has 0 saturated heterocycles. The Morgan fingerprint density at radius 3 is 1.85 bits per heavy atom. The number of carbonyl (C=O) groups excluding carboxylic acids is 1. The van der Waals surface area contributed by atoms with Crippen LogP contribution in [0.2, 0.25) is 0 Å². The van der Waals surface area contributed by atoms with Crippen LogP contribution in [-0.2, 0) is 14.3 Å². The summed E-state index contributed by atoms with van der Waals surface area (Å²) in [6, 6.07) is 0. The first-order chi connectivity index (χ1) is 12.1. The first-order valence-electron chi connectivity index (χ1n) is 10.1. The molecule has 0 saturated carbocycles. The monoisotopic (exact) mass is 378 g/mol. The van der Waals surface area contributed by atoms with Gasteiger partial charge >= 0.3 is 41.5 Å². The first-order valence-corrected chi connectivity index (χ1v) is 10.1. The Morgan fingerprint density at radius 2 is 1.38 bits per heavy atom. The van der Waals surface area contributed by atoms with E-state index in [2.05, 4.69) is 13.5 Å². The fraction of sp³-hybridized carbons (Fsp3) is 0.810. The molecule has 0 spiro atoms. The van der Waals surface area contributed by atoms with Crippen LogP contribution in [0.25, 0.3) is 0 Å². The topological polar surface area (TPSA) is 63.6 Å². The molecule has 0 aliphatic carbocycles. The summed E-state index contributed by atoms with van der Waals surface area (Å²) in [4.78, 5) is 21.9. The Morgan fingerprint density at radius 1 is 0.923 bits per heavy atom. The number of rotatable bonds is 18. The van der Waals surface area contributed by atoms with Gasteiger partial charge in [-0.05, 0) is 32.1 Å².